The minimum atomic E-state index is 0.597. The van der Waals surface area contributed by atoms with Crippen LogP contribution in [0.3, 0.4) is 0 Å². The molecule has 0 aromatic carbocycles. The lowest BCUT2D eigenvalue weighted by molar-refractivity contribution is 0.468. The smallest absolute Gasteiger partial charge is 0.0377 e. The Kier molecular flexibility index (Phi) is 5.86. The zero-order valence-electron chi connectivity index (χ0n) is 10.4. The van der Waals surface area contributed by atoms with Crippen LogP contribution in [0.1, 0.15) is 38.7 Å². The monoisotopic (exact) mass is 221 g/mol. The second-order valence-electron chi connectivity index (χ2n) is 4.17. The second kappa shape index (κ2) is 7.23. The van der Waals surface area contributed by atoms with Gasteiger partial charge in [0, 0.05) is 24.1 Å². The van der Waals surface area contributed by atoms with Gasteiger partial charge in [-0.25, -0.2) is 0 Å². The van der Waals surface area contributed by atoms with Crippen LogP contribution in [0.2, 0.25) is 0 Å². The quantitative estimate of drug-likeness (QED) is 0.743. The Bertz CT molecular complexity index is 299. The molecule has 0 amide bonds. The number of aromatic nitrogens is 1. The van der Waals surface area contributed by atoms with Gasteiger partial charge in [-0.05, 0) is 43.9 Å². The molecule has 1 heterocycles. The van der Waals surface area contributed by atoms with Crippen molar-refractivity contribution in [3.63, 3.8) is 0 Å². The Labute approximate surface area is 98.5 Å². The van der Waals surface area contributed by atoms with Gasteiger partial charge in [0.05, 0.1) is 0 Å². The molecule has 0 aliphatic rings. The molecule has 1 aromatic heterocycles. The average Bonchev–Trinajstić information content (AvgIpc) is 2.31. The van der Waals surface area contributed by atoms with E-state index in [0.717, 1.165) is 25.1 Å². The summed E-state index contributed by atoms with van der Waals surface area (Å²) in [4.78, 5) is 4.11. The van der Waals surface area contributed by atoms with Crippen molar-refractivity contribution in [2.24, 2.45) is 0 Å². The van der Waals surface area contributed by atoms with Gasteiger partial charge in [0.1, 0.15) is 0 Å². The fourth-order valence-electron chi connectivity index (χ4n) is 1.78. The third-order valence-corrected chi connectivity index (χ3v) is 2.88. The first kappa shape index (κ1) is 13.0. The highest BCUT2D eigenvalue weighted by molar-refractivity contribution is 5.44. The Morgan fingerprint density at radius 2 is 2.25 bits per heavy atom. The van der Waals surface area contributed by atoms with Crippen molar-refractivity contribution in [1.29, 1.82) is 0 Å². The van der Waals surface area contributed by atoms with Crippen LogP contribution in [0.5, 0.6) is 0 Å². The molecule has 3 heteroatoms. The third kappa shape index (κ3) is 4.19. The van der Waals surface area contributed by atoms with Gasteiger partial charge in [-0.1, -0.05) is 13.8 Å². The number of rotatable bonds is 7. The topological polar surface area (TPSA) is 50.9 Å². The van der Waals surface area contributed by atoms with Gasteiger partial charge >= 0.3 is 0 Å². The number of nitrogen functional groups attached to an aromatic ring is 1. The molecule has 0 aliphatic heterocycles. The van der Waals surface area contributed by atoms with Gasteiger partial charge in [0.2, 0.25) is 0 Å². The van der Waals surface area contributed by atoms with Crippen LogP contribution in [0, 0.1) is 0 Å². The Morgan fingerprint density at radius 1 is 1.44 bits per heavy atom. The molecular formula is C13H23N3. The normalized spacial score (nSPS) is 12.6. The van der Waals surface area contributed by atoms with Crippen molar-refractivity contribution in [2.45, 2.75) is 45.6 Å². The van der Waals surface area contributed by atoms with Gasteiger partial charge in [-0.2, -0.15) is 0 Å². The van der Waals surface area contributed by atoms with Crippen molar-refractivity contribution in [1.82, 2.24) is 10.3 Å². The number of pyridine rings is 1. The van der Waals surface area contributed by atoms with Crippen molar-refractivity contribution in [2.75, 3.05) is 12.3 Å². The fraction of sp³-hybridized carbons (Fsp3) is 0.615. The van der Waals surface area contributed by atoms with Gasteiger partial charge in [0.15, 0.2) is 0 Å². The summed E-state index contributed by atoms with van der Waals surface area (Å²) in [6.45, 7) is 5.51. The predicted molar refractivity (Wildman–Crippen MR) is 69.3 cm³/mol. The van der Waals surface area contributed by atoms with Crippen molar-refractivity contribution in [3.05, 3.63) is 24.0 Å². The number of nitrogens with zero attached hydrogens (tertiary/aromatic N) is 1. The Balaban J connectivity index is 2.40. The first-order chi connectivity index (χ1) is 7.77. The first-order valence-electron chi connectivity index (χ1n) is 6.19. The highest BCUT2D eigenvalue weighted by Gasteiger charge is 2.06. The van der Waals surface area contributed by atoms with Crippen molar-refractivity contribution in [3.8, 4) is 0 Å². The fourth-order valence-corrected chi connectivity index (χ4v) is 1.78. The maximum absolute atomic E-state index is 5.89. The molecule has 3 nitrogen and oxygen atoms in total. The highest BCUT2D eigenvalue weighted by Crippen LogP contribution is 2.13. The van der Waals surface area contributed by atoms with Gasteiger partial charge in [-0.15, -0.1) is 0 Å². The molecule has 90 valence electrons. The number of hydrogen-bond donors (Lipinski definition) is 2. The summed E-state index contributed by atoms with van der Waals surface area (Å²) < 4.78 is 0. The first-order valence-corrected chi connectivity index (χ1v) is 6.19. The number of nitrogens with two attached hydrogens (primary N) is 1. The molecule has 1 aromatic rings. The Morgan fingerprint density at radius 3 is 2.88 bits per heavy atom. The molecule has 16 heavy (non-hydrogen) atoms. The average molecular weight is 221 g/mol. The number of aryl methyl sites for hydroxylation is 1. The lowest BCUT2D eigenvalue weighted by Crippen LogP contribution is -2.29. The van der Waals surface area contributed by atoms with Crippen molar-refractivity contribution < 1.29 is 0 Å². The molecule has 1 unspecified atom stereocenters. The van der Waals surface area contributed by atoms with Crippen LogP contribution < -0.4 is 11.1 Å². The van der Waals surface area contributed by atoms with Crippen LogP contribution >= 0.6 is 0 Å². The van der Waals surface area contributed by atoms with E-state index in [2.05, 4.69) is 24.1 Å². The number of anilines is 1. The zero-order chi connectivity index (χ0) is 11.8. The predicted octanol–water partition coefficient (Wildman–Crippen LogP) is 2.37. The van der Waals surface area contributed by atoms with E-state index in [4.69, 9.17) is 5.73 Å². The van der Waals surface area contributed by atoms with Crippen LogP contribution in [0.25, 0.3) is 0 Å². The van der Waals surface area contributed by atoms with Crippen LogP contribution in [0.4, 0.5) is 5.69 Å². The van der Waals surface area contributed by atoms with Crippen molar-refractivity contribution >= 4 is 5.69 Å². The summed E-state index contributed by atoms with van der Waals surface area (Å²) in [6, 6.07) is 2.47. The largest absolute Gasteiger partial charge is 0.398 e. The summed E-state index contributed by atoms with van der Waals surface area (Å²) in [7, 11) is 0. The third-order valence-electron chi connectivity index (χ3n) is 2.88. The minimum Gasteiger partial charge on any atom is -0.398 e. The Hall–Kier alpha value is -1.09. The number of nitrogens with one attached hydrogen (secondary N) is 1. The molecule has 0 bridgehead atoms. The maximum atomic E-state index is 5.89. The van der Waals surface area contributed by atoms with E-state index in [1.54, 1.807) is 6.20 Å². The van der Waals surface area contributed by atoms with E-state index < -0.39 is 0 Å². The van der Waals surface area contributed by atoms with Crippen LogP contribution in [0.15, 0.2) is 18.5 Å². The van der Waals surface area contributed by atoms with E-state index in [9.17, 15) is 0 Å². The highest BCUT2D eigenvalue weighted by atomic mass is 14.9. The van der Waals surface area contributed by atoms with Gasteiger partial charge in [0.25, 0.3) is 0 Å². The second-order valence-corrected chi connectivity index (χ2v) is 4.17. The van der Waals surface area contributed by atoms with E-state index in [1.807, 2.05) is 12.3 Å². The molecule has 0 radical (unpaired) electrons. The van der Waals surface area contributed by atoms with E-state index in [-0.39, 0.29) is 0 Å². The summed E-state index contributed by atoms with van der Waals surface area (Å²) in [5.41, 5.74) is 7.92. The van der Waals surface area contributed by atoms with Gasteiger partial charge in [-0.3, -0.25) is 4.98 Å². The summed E-state index contributed by atoms with van der Waals surface area (Å²) in [5.74, 6) is 0. The molecule has 0 spiro atoms. The summed E-state index contributed by atoms with van der Waals surface area (Å²) in [5, 5.41) is 3.55. The molecule has 1 rings (SSSR count). The molecule has 0 aliphatic carbocycles. The summed E-state index contributed by atoms with van der Waals surface area (Å²) >= 11 is 0. The zero-order valence-corrected chi connectivity index (χ0v) is 10.4. The SMILES string of the molecule is CCCNC(CC)CCc1cnccc1N. The molecule has 0 saturated heterocycles. The molecule has 0 saturated carbocycles. The lowest BCUT2D eigenvalue weighted by Gasteiger charge is -2.16. The molecule has 1 atom stereocenters. The molecule has 3 N–H and O–H groups in total. The standard InChI is InChI=1S/C13H23N3/c1-3-8-16-12(4-2)6-5-11-10-15-9-7-13(11)14/h7,9-10,12,16H,3-6,8H2,1-2H3,(H2,14,15). The van der Waals surface area contributed by atoms with Crippen LogP contribution in [-0.2, 0) is 6.42 Å². The summed E-state index contributed by atoms with van der Waals surface area (Å²) in [6.07, 6.45) is 8.11. The maximum Gasteiger partial charge on any atom is 0.0377 e. The van der Waals surface area contributed by atoms with Crippen LogP contribution in [-0.4, -0.2) is 17.6 Å². The van der Waals surface area contributed by atoms with E-state index in [0.29, 0.717) is 6.04 Å². The number of hydrogen-bond acceptors (Lipinski definition) is 3. The molecular weight excluding hydrogens is 198 g/mol. The van der Waals surface area contributed by atoms with E-state index in [1.165, 1.54) is 18.4 Å². The molecule has 0 fully saturated rings. The minimum absolute atomic E-state index is 0.597. The lowest BCUT2D eigenvalue weighted by atomic mass is 10.0. The van der Waals surface area contributed by atoms with Gasteiger partial charge < -0.3 is 11.1 Å². The van der Waals surface area contributed by atoms with E-state index >= 15 is 0 Å².